The summed E-state index contributed by atoms with van der Waals surface area (Å²) in [6.07, 6.45) is 87.4. The Morgan fingerprint density at radius 3 is 0.821 bits per heavy atom. The first kappa shape index (κ1) is 74.6. The average Bonchev–Trinajstić information content (AvgIpc) is 3.44. The molecule has 0 spiro atoms. The molecule has 0 fully saturated rings. The highest BCUT2D eigenvalue weighted by Gasteiger charge is 2.19. The summed E-state index contributed by atoms with van der Waals surface area (Å²) in [6.45, 7) is 6.53. The predicted molar refractivity (Wildman–Crippen MR) is 339 cm³/mol. The third-order valence-electron chi connectivity index (χ3n) is 14.6. The largest absolute Gasteiger partial charge is 0.462 e. The Balaban J connectivity index is 4.29. The van der Waals surface area contributed by atoms with Crippen molar-refractivity contribution in [3.8, 4) is 0 Å². The van der Waals surface area contributed by atoms with E-state index in [1.807, 2.05) is 0 Å². The first-order chi connectivity index (χ1) is 38.5. The minimum atomic E-state index is -0.784. The van der Waals surface area contributed by atoms with Crippen molar-refractivity contribution >= 4 is 17.9 Å². The lowest BCUT2D eigenvalue weighted by atomic mass is 10.0. The van der Waals surface area contributed by atoms with Crippen molar-refractivity contribution < 1.29 is 28.6 Å². The standard InChI is InChI=1S/C72H126O6/c1-4-7-10-13-16-19-22-25-27-29-31-33-35-36-38-39-41-43-45-47-50-53-56-59-62-65-71(74)77-68-69(67-76-70(73)64-61-58-55-52-49-24-21-18-15-12-9-6-3)78-72(75)66-63-60-57-54-51-48-46-44-42-40-37-34-32-30-28-26-23-20-17-14-11-8-5-2/h7,10,16,18-19,21,25,27,30-33,36,38,69H,4-6,8-9,11-15,17,20,22-24,26,28-29,34-35,37,39-68H2,1-3H3/b10-7-,19-16-,21-18-,27-25-,32-30-,33-31-,38-36-. The van der Waals surface area contributed by atoms with Crippen LogP contribution in [-0.2, 0) is 28.6 Å². The molecule has 450 valence electrons. The molecule has 0 aliphatic carbocycles. The van der Waals surface area contributed by atoms with E-state index >= 15 is 0 Å². The maximum atomic E-state index is 12.9. The molecule has 0 aliphatic heterocycles. The molecule has 1 atom stereocenters. The summed E-state index contributed by atoms with van der Waals surface area (Å²) in [4.78, 5) is 38.3. The van der Waals surface area contributed by atoms with Gasteiger partial charge in [0.25, 0.3) is 0 Å². The molecule has 1 unspecified atom stereocenters. The highest BCUT2D eigenvalue weighted by Crippen LogP contribution is 2.17. The normalized spacial score (nSPS) is 12.6. The van der Waals surface area contributed by atoms with Crippen molar-refractivity contribution in [1.82, 2.24) is 0 Å². The quantitative estimate of drug-likeness (QED) is 0.0261. The summed E-state index contributed by atoms with van der Waals surface area (Å²) in [6, 6.07) is 0. The Morgan fingerprint density at radius 1 is 0.269 bits per heavy atom. The van der Waals surface area contributed by atoms with E-state index in [4.69, 9.17) is 14.2 Å². The number of hydrogen-bond donors (Lipinski definition) is 0. The summed E-state index contributed by atoms with van der Waals surface area (Å²) >= 11 is 0. The SMILES string of the molecule is CC/C=C\C/C=C\C/C=C\C/C=C\C/C=C\CCCCCCCCCCCC(=O)OCC(COC(=O)CCCCCCC/C=C\CCCCC)OC(=O)CCCCCCCCCCCCC/C=C\CCCCCCCCCC. The number of esters is 3. The van der Waals surface area contributed by atoms with Gasteiger partial charge in [0, 0.05) is 19.3 Å². The van der Waals surface area contributed by atoms with Crippen molar-refractivity contribution in [2.45, 2.75) is 341 Å². The lowest BCUT2D eigenvalue weighted by Crippen LogP contribution is -2.30. The van der Waals surface area contributed by atoms with Gasteiger partial charge in [0.1, 0.15) is 13.2 Å². The van der Waals surface area contributed by atoms with Gasteiger partial charge in [0.2, 0.25) is 0 Å². The Hall–Kier alpha value is -3.41. The molecule has 0 saturated carbocycles. The highest BCUT2D eigenvalue weighted by molar-refractivity contribution is 5.71. The Kier molecular flexibility index (Phi) is 63.2. The Morgan fingerprint density at radius 2 is 0.500 bits per heavy atom. The monoisotopic (exact) mass is 1090 g/mol. The fraction of sp³-hybridized carbons (Fsp3) is 0.764. The van der Waals surface area contributed by atoms with Crippen LogP contribution in [0.4, 0.5) is 0 Å². The number of carbonyl (C=O) groups is 3. The number of hydrogen-bond acceptors (Lipinski definition) is 6. The lowest BCUT2D eigenvalue weighted by molar-refractivity contribution is -0.167. The van der Waals surface area contributed by atoms with Crippen molar-refractivity contribution in [2.24, 2.45) is 0 Å². The zero-order valence-corrected chi connectivity index (χ0v) is 51.7. The van der Waals surface area contributed by atoms with Gasteiger partial charge in [-0.25, -0.2) is 0 Å². The van der Waals surface area contributed by atoms with Gasteiger partial charge in [-0.1, -0.05) is 286 Å². The van der Waals surface area contributed by atoms with Gasteiger partial charge in [0.15, 0.2) is 6.10 Å². The van der Waals surface area contributed by atoms with Gasteiger partial charge < -0.3 is 14.2 Å². The fourth-order valence-corrected chi connectivity index (χ4v) is 9.58. The molecule has 0 aromatic heterocycles. The van der Waals surface area contributed by atoms with Crippen LogP contribution in [0.2, 0.25) is 0 Å². The van der Waals surface area contributed by atoms with E-state index in [0.29, 0.717) is 19.3 Å². The van der Waals surface area contributed by atoms with Crippen LogP contribution in [0.3, 0.4) is 0 Å². The van der Waals surface area contributed by atoms with Crippen LogP contribution in [0.5, 0.6) is 0 Å². The highest BCUT2D eigenvalue weighted by atomic mass is 16.6. The van der Waals surface area contributed by atoms with Crippen LogP contribution in [0.1, 0.15) is 335 Å². The van der Waals surface area contributed by atoms with E-state index in [-0.39, 0.29) is 31.1 Å². The molecule has 0 rings (SSSR count). The van der Waals surface area contributed by atoms with Crippen molar-refractivity contribution in [3.63, 3.8) is 0 Å². The summed E-state index contributed by atoms with van der Waals surface area (Å²) in [7, 11) is 0. The van der Waals surface area contributed by atoms with Crippen LogP contribution in [-0.4, -0.2) is 37.2 Å². The molecule has 0 aromatic carbocycles. The van der Waals surface area contributed by atoms with E-state index < -0.39 is 6.10 Å². The second-order valence-corrected chi connectivity index (χ2v) is 22.3. The molecule has 6 heteroatoms. The Labute approximate surface area is 484 Å². The molecule has 0 heterocycles. The molecule has 6 nitrogen and oxygen atoms in total. The minimum Gasteiger partial charge on any atom is -0.462 e. The van der Waals surface area contributed by atoms with E-state index in [1.54, 1.807) is 0 Å². The van der Waals surface area contributed by atoms with Gasteiger partial charge in [-0.3, -0.25) is 14.4 Å². The molecule has 0 aromatic rings. The van der Waals surface area contributed by atoms with Crippen LogP contribution >= 0.6 is 0 Å². The molecule has 0 amide bonds. The van der Waals surface area contributed by atoms with Gasteiger partial charge in [0.05, 0.1) is 0 Å². The van der Waals surface area contributed by atoms with Gasteiger partial charge in [-0.15, -0.1) is 0 Å². The molecule has 0 radical (unpaired) electrons. The average molecular weight is 1090 g/mol. The molecule has 0 N–H and O–H groups in total. The predicted octanol–water partition coefficient (Wildman–Crippen LogP) is 23.1. The topological polar surface area (TPSA) is 78.9 Å². The second kappa shape index (κ2) is 66.1. The second-order valence-electron chi connectivity index (χ2n) is 22.3. The number of allylic oxidation sites excluding steroid dienone is 14. The third kappa shape index (κ3) is 63.4. The molecule has 0 saturated heterocycles. The smallest absolute Gasteiger partial charge is 0.306 e. The van der Waals surface area contributed by atoms with Crippen molar-refractivity contribution in [3.05, 3.63) is 85.1 Å². The van der Waals surface area contributed by atoms with Crippen LogP contribution in [0.25, 0.3) is 0 Å². The van der Waals surface area contributed by atoms with E-state index in [9.17, 15) is 14.4 Å². The van der Waals surface area contributed by atoms with Gasteiger partial charge in [-0.2, -0.15) is 0 Å². The van der Waals surface area contributed by atoms with E-state index in [2.05, 4.69) is 106 Å². The molecular weight excluding hydrogens is 961 g/mol. The Bertz CT molecular complexity index is 1480. The zero-order valence-electron chi connectivity index (χ0n) is 51.7. The zero-order chi connectivity index (χ0) is 56.4. The lowest BCUT2D eigenvalue weighted by Gasteiger charge is -2.18. The van der Waals surface area contributed by atoms with E-state index in [1.165, 1.54) is 193 Å². The fourth-order valence-electron chi connectivity index (χ4n) is 9.58. The van der Waals surface area contributed by atoms with Gasteiger partial charge in [-0.05, 0) is 116 Å². The van der Waals surface area contributed by atoms with Gasteiger partial charge >= 0.3 is 17.9 Å². The first-order valence-corrected chi connectivity index (χ1v) is 33.6. The molecular formula is C72H126O6. The minimum absolute atomic E-state index is 0.0809. The van der Waals surface area contributed by atoms with Crippen molar-refractivity contribution in [2.75, 3.05) is 13.2 Å². The summed E-state index contributed by atoms with van der Waals surface area (Å²) in [5.41, 5.74) is 0. The van der Waals surface area contributed by atoms with Crippen LogP contribution in [0.15, 0.2) is 85.1 Å². The molecule has 0 bridgehead atoms. The summed E-state index contributed by atoms with van der Waals surface area (Å²) in [5, 5.41) is 0. The number of unbranched alkanes of at least 4 members (excludes halogenated alkanes) is 36. The van der Waals surface area contributed by atoms with E-state index in [0.717, 1.165) is 103 Å². The number of rotatable bonds is 61. The number of carbonyl (C=O) groups excluding carboxylic acids is 3. The van der Waals surface area contributed by atoms with Crippen molar-refractivity contribution in [1.29, 1.82) is 0 Å². The summed E-state index contributed by atoms with van der Waals surface area (Å²) in [5.74, 6) is -0.882. The summed E-state index contributed by atoms with van der Waals surface area (Å²) < 4.78 is 16.9. The van der Waals surface area contributed by atoms with Crippen LogP contribution < -0.4 is 0 Å². The molecule has 0 aliphatic rings. The maximum Gasteiger partial charge on any atom is 0.306 e. The molecule has 78 heavy (non-hydrogen) atoms. The maximum absolute atomic E-state index is 12.9. The van der Waals surface area contributed by atoms with Crippen LogP contribution in [0, 0.1) is 0 Å². The first-order valence-electron chi connectivity index (χ1n) is 33.6. The third-order valence-corrected chi connectivity index (χ3v) is 14.6. The number of ether oxygens (including phenoxy) is 3.